The third-order valence-electron chi connectivity index (χ3n) is 4.23. The molecule has 1 unspecified atom stereocenters. The quantitative estimate of drug-likeness (QED) is 0.484. The first-order valence-corrected chi connectivity index (χ1v) is 8.41. The predicted octanol–water partition coefficient (Wildman–Crippen LogP) is 0.934. The lowest BCUT2D eigenvalue weighted by molar-refractivity contribution is 0.127. The highest BCUT2D eigenvalue weighted by atomic mass is 16.5. The van der Waals surface area contributed by atoms with Crippen LogP contribution in [-0.2, 0) is 11.3 Å². The average molecular weight is 336 g/mol. The van der Waals surface area contributed by atoms with Crippen molar-refractivity contribution in [3.8, 4) is 5.88 Å². The highest BCUT2D eigenvalue weighted by Crippen LogP contribution is 2.31. The van der Waals surface area contributed by atoms with Gasteiger partial charge >= 0.3 is 0 Å². The van der Waals surface area contributed by atoms with Crippen LogP contribution in [-0.4, -0.2) is 56.1 Å². The fourth-order valence-corrected chi connectivity index (χ4v) is 2.76. The van der Waals surface area contributed by atoms with Crippen LogP contribution in [0.25, 0.3) is 0 Å². The van der Waals surface area contributed by atoms with Gasteiger partial charge in [-0.15, -0.1) is 0 Å². The van der Waals surface area contributed by atoms with E-state index in [1.54, 1.807) is 13.3 Å². The standard InChI is InChI=1S/C17H28N4O3/c1-3-18-16(20-11-14-4-7-19-15(10-14)23-2)21-12-17(5-8-22)6-9-24-13-17/h4,7,10,22H,3,5-6,8-9,11-13H2,1-2H3,(H2,18,20,21). The Morgan fingerprint density at radius 2 is 2.38 bits per heavy atom. The number of guanidine groups is 1. The van der Waals surface area contributed by atoms with E-state index in [4.69, 9.17) is 9.47 Å². The molecule has 0 aromatic carbocycles. The molecular weight excluding hydrogens is 308 g/mol. The summed E-state index contributed by atoms with van der Waals surface area (Å²) in [7, 11) is 1.60. The van der Waals surface area contributed by atoms with Gasteiger partial charge in [0.1, 0.15) is 0 Å². The van der Waals surface area contributed by atoms with Gasteiger partial charge in [-0.05, 0) is 31.4 Å². The minimum Gasteiger partial charge on any atom is -0.481 e. The van der Waals surface area contributed by atoms with E-state index < -0.39 is 0 Å². The van der Waals surface area contributed by atoms with Gasteiger partial charge in [0.25, 0.3) is 0 Å². The molecule has 3 N–H and O–H groups in total. The van der Waals surface area contributed by atoms with E-state index in [-0.39, 0.29) is 12.0 Å². The van der Waals surface area contributed by atoms with Crippen LogP contribution in [0.2, 0.25) is 0 Å². The number of aliphatic imine (C=N–C) groups is 1. The molecule has 1 aliphatic rings. The number of aliphatic hydroxyl groups excluding tert-OH is 1. The second kappa shape index (κ2) is 9.44. The van der Waals surface area contributed by atoms with Crippen LogP contribution in [0.4, 0.5) is 0 Å². The van der Waals surface area contributed by atoms with Crippen LogP contribution in [0.5, 0.6) is 5.88 Å². The number of aliphatic hydroxyl groups is 1. The Balaban J connectivity index is 1.97. The third-order valence-corrected chi connectivity index (χ3v) is 4.23. The molecular formula is C17H28N4O3. The Morgan fingerprint density at radius 3 is 3.04 bits per heavy atom. The first-order chi connectivity index (χ1) is 11.7. The number of rotatable bonds is 8. The lowest BCUT2D eigenvalue weighted by Crippen LogP contribution is -2.44. The molecule has 1 fully saturated rings. The summed E-state index contributed by atoms with van der Waals surface area (Å²) < 4.78 is 10.7. The molecule has 0 amide bonds. The highest BCUT2D eigenvalue weighted by molar-refractivity contribution is 5.79. The maximum atomic E-state index is 9.31. The largest absolute Gasteiger partial charge is 0.481 e. The van der Waals surface area contributed by atoms with Gasteiger partial charge < -0.3 is 25.2 Å². The number of nitrogens with one attached hydrogen (secondary N) is 2. The maximum Gasteiger partial charge on any atom is 0.213 e. The Hall–Kier alpha value is -1.86. The third kappa shape index (κ3) is 5.35. The zero-order chi connectivity index (χ0) is 17.3. The molecule has 0 spiro atoms. The molecule has 24 heavy (non-hydrogen) atoms. The molecule has 2 heterocycles. The fraction of sp³-hybridized carbons (Fsp3) is 0.647. The number of ether oxygens (including phenoxy) is 2. The predicted molar refractivity (Wildman–Crippen MR) is 93.2 cm³/mol. The Morgan fingerprint density at radius 1 is 1.50 bits per heavy atom. The minimum absolute atomic E-state index is 0.00910. The summed E-state index contributed by atoms with van der Waals surface area (Å²) in [5.41, 5.74) is 1.03. The molecule has 0 bridgehead atoms. The summed E-state index contributed by atoms with van der Waals surface area (Å²) in [6.45, 7) is 5.71. The van der Waals surface area contributed by atoms with Crippen molar-refractivity contribution >= 4 is 5.96 Å². The second-order valence-electron chi connectivity index (χ2n) is 6.03. The van der Waals surface area contributed by atoms with Gasteiger partial charge in [0, 0.05) is 44.0 Å². The molecule has 1 aromatic heterocycles. The van der Waals surface area contributed by atoms with Crippen molar-refractivity contribution in [3.05, 3.63) is 23.9 Å². The van der Waals surface area contributed by atoms with Gasteiger partial charge in [-0.3, -0.25) is 0 Å². The van der Waals surface area contributed by atoms with Crippen molar-refractivity contribution in [3.63, 3.8) is 0 Å². The van der Waals surface area contributed by atoms with Crippen molar-refractivity contribution in [2.24, 2.45) is 10.4 Å². The number of methoxy groups -OCH3 is 1. The van der Waals surface area contributed by atoms with Gasteiger partial charge in [-0.25, -0.2) is 9.98 Å². The van der Waals surface area contributed by atoms with Gasteiger partial charge in [-0.2, -0.15) is 0 Å². The van der Waals surface area contributed by atoms with Gasteiger partial charge in [0.2, 0.25) is 5.88 Å². The zero-order valence-electron chi connectivity index (χ0n) is 14.5. The maximum absolute atomic E-state index is 9.31. The molecule has 2 rings (SSSR count). The Bertz CT molecular complexity index is 530. The van der Waals surface area contributed by atoms with E-state index in [9.17, 15) is 5.11 Å². The van der Waals surface area contributed by atoms with E-state index in [1.807, 2.05) is 19.1 Å². The molecule has 0 saturated carbocycles. The molecule has 1 aliphatic heterocycles. The lowest BCUT2D eigenvalue weighted by Gasteiger charge is -2.27. The van der Waals surface area contributed by atoms with E-state index in [0.717, 1.165) is 44.1 Å². The van der Waals surface area contributed by atoms with E-state index in [0.29, 0.717) is 19.0 Å². The summed E-state index contributed by atoms with van der Waals surface area (Å²) in [5.74, 6) is 1.35. The van der Waals surface area contributed by atoms with Crippen LogP contribution < -0.4 is 15.4 Å². The minimum atomic E-state index is -0.00910. The molecule has 1 atom stereocenters. The van der Waals surface area contributed by atoms with Crippen molar-refractivity contribution < 1.29 is 14.6 Å². The Kier molecular flexibility index (Phi) is 7.27. The van der Waals surface area contributed by atoms with Crippen molar-refractivity contribution in [1.82, 2.24) is 15.6 Å². The number of hydrogen-bond donors (Lipinski definition) is 3. The lowest BCUT2D eigenvalue weighted by atomic mass is 9.84. The van der Waals surface area contributed by atoms with Crippen LogP contribution in [0.15, 0.2) is 23.3 Å². The van der Waals surface area contributed by atoms with E-state index in [2.05, 4.69) is 20.6 Å². The molecule has 0 aliphatic carbocycles. The van der Waals surface area contributed by atoms with Gasteiger partial charge in [-0.1, -0.05) is 0 Å². The summed E-state index contributed by atoms with van der Waals surface area (Å²) in [4.78, 5) is 8.72. The number of hydrogen-bond acceptors (Lipinski definition) is 5. The summed E-state index contributed by atoms with van der Waals surface area (Å²) in [6.07, 6.45) is 3.42. The first-order valence-electron chi connectivity index (χ1n) is 8.41. The first kappa shape index (κ1) is 18.5. The molecule has 1 saturated heterocycles. The molecule has 0 radical (unpaired) electrons. The summed E-state index contributed by atoms with van der Waals surface area (Å²) in [6, 6.07) is 3.80. The zero-order valence-corrected chi connectivity index (χ0v) is 14.5. The number of aromatic nitrogens is 1. The highest BCUT2D eigenvalue weighted by Gasteiger charge is 2.34. The smallest absolute Gasteiger partial charge is 0.213 e. The van der Waals surface area contributed by atoms with Crippen LogP contribution in [0.1, 0.15) is 25.3 Å². The van der Waals surface area contributed by atoms with E-state index >= 15 is 0 Å². The van der Waals surface area contributed by atoms with Gasteiger partial charge in [0.15, 0.2) is 5.96 Å². The van der Waals surface area contributed by atoms with Crippen LogP contribution >= 0.6 is 0 Å². The molecule has 7 heteroatoms. The molecule has 134 valence electrons. The topological polar surface area (TPSA) is 88.0 Å². The molecule has 1 aromatic rings. The monoisotopic (exact) mass is 336 g/mol. The number of pyridine rings is 1. The SMILES string of the molecule is CCNC(=NCc1ccnc(OC)c1)NCC1(CCO)CCOC1. The summed E-state index contributed by atoms with van der Waals surface area (Å²) in [5, 5.41) is 16.0. The average Bonchev–Trinajstić information content (AvgIpc) is 3.07. The van der Waals surface area contributed by atoms with E-state index in [1.165, 1.54) is 0 Å². The molecule has 7 nitrogen and oxygen atoms in total. The Labute approximate surface area is 143 Å². The van der Waals surface area contributed by atoms with Crippen LogP contribution in [0, 0.1) is 5.41 Å². The fourth-order valence-electron chi connectivity index (χ4n) is 2.76. The normalized spacial score (nSPS) is 20.9. The van der Waals surface area contributed by atoms with Crippen molar-refractivity contribution in [1.29, 1.82) is 0 Å². The van der Waals surface area contributed by atoms with Crippen molar-refractivity contribution in [2.75, 3.05) is 40.0 Å². The summed E-state index contributed by atoms with van der Waals surface area (Å²) >= 11 is 0. The van der Waals surface area contributed by atoms with Crippen molar-refractivity contribution in [2.45, 2.75) is 26.3 Å². The van der Waals surface area contributed by atoms with Crippen LogP contribution in [0.3, 0.4) is 0 Å². The number of nitrogens with zero attached hydrogens (tertiary/aromatic N) is 2. The van der Waals surface area contributed by atoms with Gasteiger partial charge in [0.05, 0.1) is 20.3 Å². The second-order valence-corrected chi connectivity index (χ2v) is 6.03.